The van der Waals surface area contributed by atoms with Gasteiger partial charge in [0.1, 0.15) is 6.26 Å². The fourth-order valence-electron chi connectivity index (χ4n) is 10.7. The number of carbonyl (C=O) groups is 3. The standard InChI is InChI=1S/C69H132O6/c1-4-7-10-13-16-19-22-25-28-31-34-37-40-43-46-49-52-55-58-61-67(70)73-64-66(75-69(72)63-60-57-54-51-48-45-42-39-36-33-30-27-24-21-18-15-12-9-6-3)65-74-68(71)62-59-56-53-50-47-44-41-38-35-32-29-26-23-20-17-14-11-8-5-2/h64H,4-63,65H2,1-3H3/b66-64+. The van der Waals surface area contributed by atoms with Crippen LogP contribution in [0.1, 0.15) is 406 Å². The second-order valence-electron chi connectivity index (χ2n) is 23.6. The highest BCUT2D eigenvalue weighted by Crippen LogP contribution is 2.19. The molecule has 0 aromatic heterocycles. The van der Waals surface area contributed by atoms with Crippen molar-refractivity contribution in [2.24, 2.45) is 0 Å². The largest absolute Gasteiger partial charge is 0.457 e. The van der Waals surface area contributed by atoms with Crippen LogP contribution >= 0.6 is 0 Å². The van der Waals surface area contributed by atoms with E-state index in [1.807, 2.05) is 0 Å². The zero-order chi connectivity index (χ0) is 54.3. The molecule has 0 N–H and O–H groups in total. The van der Waals surface area contributed by atoms with Crippen molar-refractivity contribution in [2.75, 3.05) is 6.61 Å². The number of rotatable bonds is 64. The first-order chi connectivity index (χ1) is 37.0. The van der Waals surface area contributed by atoms with Crippen molar-refractivity contribution in [2.45, 2.75) is 406 Å². The van der Waals surface area contributed by atoms with Crippen LogP contribution in [0.2, 0.25) is 0 Å². The third kappa shape index (κ3) is 62.9. The Morgan fingerprint density at radius 2 is 0.427 bits per heavy atom. The smallest absolute Gasteiger partial charge is 0.311 e. The molecular weight excluding hydrogens is 925 g/mol. The molecular formula is C69H132O6. The Morgan fingerprint density at radius 1 is 0.240 bits per heavy atom. The van der Waals surface area contributed by atoms with Crippen LogP contribution in [0.4, 0.5) is 0 Å². The van der Waals surface area contributed by atoms with Crippen molar-refractivity contribution >= 4 is 17.9 Å². The maximum Gasteiger partial charge on any atom is 0.311 e. The van der Waals surface area contributed by atoms with Gasteiger partial charge in [-0.3, -0.25) is 14.4 Å². The van der Waals surface area contributed by atoms with Crippen LogP contribution in [0.3, 0.4) is 0 Å². The van der Waals surface area contributed by atoms with Gasteiger partial charge in [0.05, 0.1) is 0 Å². The van der Waals surface area contributed by atoms with Crippen LogP contribution in [-0.4, -0.2) is 24.5 Å². The van der Waals surface area contributed by atoms with E-state index in [2.05, 4.69) is 20.8 Å². The molecule has 0 rings (SSSR count). The molecule has 0 saturated carbocycles. The summed E-state index contributed by atoms with van der Waals surface area (Å²) in [6.07, 6.45) is 76.9. The van der Waals surface area contributed by atoms with E-state index in [0.717, 1.165) is 57.8 Å². The Labute approximate surface area is 469 Å². The SMILES string of the molecule is CCCCCCCCCCCCCCCCCCCCCC(=O)O/C=C(\COC(=O)CCCCCCCCCCCCCCCCCCCCC)OC(=O)CCCCCCCCCCCCCCCCCCCCC. The lowest BCUT2D eigenvalue weighted by Gasteiger charge is -2.10. The molecule has 0 heterocycles. The topological polar surface area (TPSA) is 78.9 Å². The summed E-state index contributed by atoms with van der Waals surface area (Å²) < 4.78 is 16.6. The number of ether oxygens (including phenoxy) is 3. The average Bonchev–Trinajstić information content (AvgIpc) is 3.41. The van der Waals surface area contributed by atoms with Crippen molar-refractivity contribution in [3.8, 4) is 0 Å². The first kappa shape index (κ1) is 73.2. The van der Waals surface area contributed by atoms with Crippen molar-refractivity contribution < 1.29 is 28.6 Å². The first-order valence-corrected chi connectivity index (χ1v) is 34.3. The molecule has 0 unspecified atom stereocenters. The van der Waals surface area contributed by atoms with Crippen LogP contribution in [0, 0.1) is 0 Å². The monoisotopic (exact) mass is 1060 g/mol. The molecule has 0 amide bonds. The van der Waals surface area contributed by atoms with Crippen LogP contribution in [0.25, 0.3) is 0 Å². The number of hydrogen-bond acceptors (Lipinski definition) is 6. The molecule has 0 spiro atoms. The third-order valence-corrected chi connectivity index (χ3v) is 15.9. The lowest BCUT2D eigenvalue weighted by Crippen LogP contribution is -2.13. The Bertz CT molecular complexity index is 1180. The second kappa shape index (κ2) is 64.7. The predicted molar refractivity (Wildman–Crippen MR) is 325 cm³/mol. The molecule has 0 aromatic carbocycles. The van der Waals surface area contributed by atoms with Crippen molar-refractivity contribution in [1.29, 1.82) is 0 Å². The van der Waals surface area contributed by atoms with Gasteiger partial charge in [0.15, 0.2) is 12.4 Å². The normalized spacial score (nSPS) is 11.7. The van der Waals surface area contributed by atoms with E-state index in [9.17, 15) is 14.4 Å². The molecule has 0 atom stereocenters. The fourth-order valence-corrected chi connectivity index (χ4v) is 10.7. The highest BCUT2D eigenvalue weighted by atomic mass is 16.6. The Hall–Kier alpha value is -1.85. The van der Waals surface area contributed by atoms with Gasteiger partial charge in [-0.15, -0.1) is 0 Å². The number of esters is 3. The van der Waals surface area contributed by atoms with Gasteiger partial charge in [0.2, 0.25) is 0 Å². The number of hydrogen-bond donors (Lipinski definition) is 0. The number of carbonyl (C=O) groups excluding carboxylic acids is 3. The minimum atomic E-state index is -0.363. The average molecular weight is 1060 g/mol. The van der Waals surface area contributed by atoms with E-state index < -0.39 is 0 Å². The summed E-state index contributed by atoms with van der Waals surface area (Å²) in [5.74, 6) is -0.906. The second-order valence-corrected chi connectivity index (χ2v) is 23.6. The lowest BCUT2D eigenvalue weighted by molar-refractivity contribution is -0.148. The summed E-state index contributed by atoms with van der Waals surface area (Å²) in [5.41, 5.74) is 0. The summed E-state index contributed by atoms with van der Waals surface area (Å²) in [6.45, 7) is 6.67. The van der Waals surface area contributed by atoms with Gasteiger partial charge >= 0.3 is 17.9 Å². The minimum absolute atomic E-state index is 0.0980. The maximum atomic E-state index is 12.9. The van der Waals surface area contributed by atoms with Crippen molar-refractivity contribution in [3.05, 3.63) is 12.0 Å². The van der Waals surface area contributed by atoms with Crippen LogP contribution in [-0.2, 0) is 28.6 Å². The highest BCUT2D eigenvalue weighted by Gasteiger charge is 2.13. The van der Waals surface area contributed by atoms with Crippen LogP contribution < -0.4 is 0 Å². The van der Waals surface area contributed by atoms with Crippen molar-refractivity contribution in [3.63, 3.8) is 0 Å². The van der Waals surface area contributed by atoms with E-state index >= 15 is 0 Å². The highest BCUT2D eigenvalue weighted by molar-refractivity contribution is 5.72. The lowest BCUT2D eigenvalue weighted by atomic mass is 10.0. The maximum absolute atomic E-state index is 12.9. The quantitative estimate of drug-likeness (QED) is 0.0261. The van der Waals surface area contributed by atoms with Gasteiger partial charge in [-0.1, -0.05) is 367 Å². The molecule has 0 aliphatic heterocycles. The molecule has 6 heteroatoms. The van der Waals surface area contributed by atoms with Gasteiger partial charge in [0.25, 0.3) is 0 Å². The molecule has 0 fully saturated rings. The van der Waals surface area contributed by atoms with Gasteiger partial charge in [-0.05, 0) is 19.3 Å². The Morgan fingerprint density at radius 3 is 0.653 bits per heavy atom. The molecule has 0 bridgehead atoms. The number of unbranched alkanes of at least 4 members (excludes halogenated alkanes) is 54. The fraction of sp³-hybridized carbons (Fsp3) is 0.928. The van der Waals surface area contributed by atoms with Crippen LogP contribution in [0.5, 0.6) is 0 Å². The van der Waals surface area contributed by atoms with Gasteiger partial charge in [-0.25, -0.2) is 0 Å². The molecule has 0 saturated heterocycles. The Balaban J connectivity index is 4.33. The molecule has 6 nitrogen and oxygen atoms in total. The summed E-state index contributed by atoms with van der Waals surface area (Å²) in [4.78, 5) is 38.3. The van der Waals surface area contributed by atoms with E-state index in [-0.39, 0.29) is 30.3 Å². The summed E-state index contributed by atoms with van der Waals surface area (Å²) >= 11 is 0. The van der Waals surface area contributed by atoms with Gasteiger partial charge in [0, 0.05) is 19.3 Å². The molecule has 0 aliphatic rings. The Kier molecular flexibility index (Phi) is 63.1. The van der Waals surface area contributed by atoms with Crippen molar-refractivity contribution in [1.82, 2.24) is 0 Å². The third-order valence-electron chi connectivity index (χ3n) is 15.9. The molecule has 0 aromatic rings. The van der Waals surface area contributed by atoms with Gasteiger partial charge in [-0.2, -0.15) is 0 Å². The van der Waals surface area contributed by atoms with Crippen LogP contribution in [0.15, 0.2) is 12.0 Å². The summed E-state index contributed by atoms with van der Waals surface area (Å²) in [5, 5.41) is 0. The zero-order valence-corrected chi connectivity index (χ0v) is 51.2. The summed E-state index contributed by atoms with van der Waals surface area (Å²) in [7, 11) is 0. The van der Waals surface area contributed by atoms with Gasteiger partial charge < -0.3 is 14.2 Å². The van der Waals surface area contributed by atoms with E-state index in [1.165, 1.54) is 314 Å². The van der Waals surface area contributed by atoms with E-state index in [4.69, 9.17) is 14.2 Å². The zero-order valence-electron chi connectivity index (χ0n) is 51.2. The van der Waals surface area contributed by atoms with E-state index in [0.29, 0.717) is 19.3 Å². The molecule has 75 heavy (non-hydrogen) atoms. The predicted octanol–water partition coefficient (Wildman–Crippen LogP) is 23.9. The minimum Gasteiger partial charge on any atom is -0.457 e. The molecule has 0 radical (unpaired) electrons. The first-order valence-electron chi connectivity index (χ1n) is 34.3. The molecule has 444 valence electrons. The molecule has 0 aliphatic carbocycles. The summed E-state index contributed by atoms with van der Waals surface area (Å²) in [6, 6.07) is 0. The van der Waals surface area contributed by atoms with E-state index in [1.54, 1.807) is 0 Å².